The molecule has 0 spiro atoms. The molecule has 0 saturated carbocycles. The van der Waals surface area contributed by atoms with Gasteiger partial charge in [-0.2, -0.15) is 0 Å². The Morgan fingerprint density at radius 3 is 2.67 bits per heavy atom. The number of likely N-dealkylation sites (N-methyl/N-ethyl adjacent to an activating group) is 1. The van der Waals surface area contributed by atoms with Crippen molar-refractivity contribution in [2.75, 3.05) is 47.0 Å². The highest BCUT2D eigenvalue weighted by Gasteiger charge is 2.34. The van der Waals surface area contributed by atoms with Crippen molar-refractivity contribution >= 4 is 22.9 Å². The monoisotopic (exact) mass is 523 g/mol. The molecule has 6 rings (SSSR count). The van der Waals surface area contributed by atoms with Crippen molar-refractivity contribution in [1.82, 2.24) is 14.8 Å². The molecule has 4 aromatic rings. The predicted molar refractivity (Wildman–Crippen MR) is 153 cm³/mol. The molecular formula is C32H33N3O4. The molecule has 0 aliphatic carbocycles. The third-order valence-corrected chi connectivity index (χ3v) is 7.31. The maximum absolute atomic E-state index is 13.7. The fourth-order valence-electron chi connectivity index (χ4n) is 5.34. The van der Waals surface area contributed by atoms with Crippen molar-refractivity contribution in [2.24, 2.45) is 0 Å². The number of amides is 1. The van der Waals surface area contributed by atoms with Crippen molar-refractivity contribution in [3.63, 3.8) is 0 Å². The van der Waals surface area contributed by atoms with Gasteiger partial charge in [-0.15, -0.1) is 0 Å². The minimum Gasteiger partial charge on any atom is -0.492 e. The quantitative estimate of drug-likeness (QED) is 0.343. The van der Waals surface area contributed by atoms with Crippen LogP contribution in [0.4, 0.5) is 0 Å². The van der Waals surface area contributed by atoms with Crippen molar-refractivity contribution in [2.45, 2.75) is 12.5 Å². The molecule has 39 heavy (non-hydrogen) atoms. The van der Waals surface area contributed by atoms with Crippen molar-refractivity contribution in [3.8, 4) is 17.2 Å². The molecule has 3 aromatic carbocycles. The average Bonchev–Trinajstić information content (AvgIpc) is 3.34. The molecule has 1 atom stereocenters. The van der Waals surface area contributed by atoms with Gasteiger partial charge in [0.15, 0.2) is 11.5 Å². The maximum Gasteiger partial charge on any atom is 0.247 e. The van der Waals surface area contributed by atoms with Gasteiger partial charge < -0.3 is 29.0 Å². The molecule has 0 fully saturated rings. The summed E-state index contributed by atoms with van der Waals surface area (Å²) in [4.78, 5) is 21.3. The van der Waals surface area contributed by atoms with Crippen molar-refractivity contribution in [3.05, 3.63) is 95.2 Å². The molecule has 2 aliphatic rings. The van der Waals surface area contributed by atoms with E-state index < -0.39 is 0 Å². The predicted octanol–water partition coefficient (Wildman–Crippen LogP) is 5.07. The Morgan fingerprint density at radius 2 is 1.85 bits per heavy atom. The smallest absolute Gasteiger partial charge is 0.247 e. The number of nitrogens with zero attached hydrogens (tertiary/aromatic N) is 2. The minimum absolute atomic E-state index is 0.0366. The first-order valence-corrected chi connectivity index (χ1v) is 13.4. The summed E-state index contributed by atoms with van der Waals surface area (Å²) in [5.74, 6) is 2.24. The Labute approximate surface area is 228 Å². The van der Waals surface area contributed by atoms with Gasteiger partial charge in [0.2, 0.25) is 5.91 Å². The second-order valence-electron chi connectivity index (χ2n) is 10.2. The number of ether oxygens (including phenoxy) is 3. The van der Waals surface area contributed by atoms with Gasteiger partial charge in [-0.05, 0) is 73.6 Å². The molecular weight excluding hydrogens is 490 g/mol. The third kappa shape index (κ3) is 5.22. The van der Waals surface area contributed by atoms with Crippen LogP contribution in [-0.4, -0.2) is 67.7 Å². The average molecular weight is 524 g/mol. The number of aromatic amines is 1. The standard InChI is InChI=1S/C32H33N3O4/c1-34(2)17-18-37-24-11-7-22(8-12-24)9-14-30(36)35-16-15-26-25-5-3-4-6-27(25)33-31(26)32(35)23-10-13-28-29(21-23)39-20-19-38-28/h3-14,21,32-33H,15-20H2,1-2H3/b14-9+. The van der Waals surface area contributed by atoms with Crippen LogP contribution < -0.4 is 14.2 Å². The third-order valence-electron chi connectivity index (χ3n) is 7.31. The fraction of sp³-hybridized carbons (Fsp3) is 0.281. The highest BCUT2D eigenvalue weighted by atomic mass is 16.6. The number of H-pyrrole nitrogens is 1. The van der Waals surface area contributed by atoms with E-state index in [2.05, 4.69) is 28.1 Å². The molecule has 3 heterocycles. The van der Waals surface area contributed by atoms with Crippen molar-refractivity contribution in [1.29, 1.82) is 0 Å². The zero-order valence-electron chi connectivity index (χ0n) is 22.4. The number of hydrogen-bond acceptors (Lipinski definition) is 5. The molecule has 7 heteroatoms. The van der Waals surface area contributed by atoms with Crippen LogP contribution in [0.15, 0.2) is 72.8 Å². The summed E-state index contributed by atoms with van der Waals surface area (Å²) in [7, 11) is 4.04. The minimum atomic E-state index is -0.262. The zero-order chi connectivity index (χ0) is 26.8. The number of nitrogens with one attached hydrogen (secondary N) is 1. The van der Waals surface area contributed by atoms with Crippen LogP contribution in [0.2, 0.25) is 0 Å². The molecule has 0 saturated heterocycles. The Morgan fingerprint density at radius 1 is 1.05 bits per heavy atom. The highest BCUT2D eigenvalue weighted by molar-refractivity contribution is 5.93. The van der Waals surface area contributed by atoms with E-state index in [9.17, 15) is 4.79 Å². The van der Waals surface area contributed by atoms with E-state index in [1.807, 2.05) is 73.6 Å². The van der Waals surface area contributed by atoms with Crippen molar-refractivity contribution < 1.29 is 19.0 Å². The summed E-state index contributed by atoms with van der Waals surface area (Å²) < 4.78 is 17.4. The lowest BCUT2D eigenvalue weighted by Gasteiger charge is -2.36. The number of aromatic nitrogens is 1. The molecule has 0 radical (unpaired) electrons. The van der Waals surface area contributed by atoms with Gasteiger partial charge in [0.25, 0.3) is 0 Å². The molecule has 1 aromatic heterocycles. The number of para-hydroxylation sites is 1. The van der Waals surface area contributed by atoms with E-state index in [0.29, 0.717) is 26.4 Å². The highest BCUT2D eigenvalue weighted by Crippen LogP contribution is 2.41. The van der Waals surface area contributed by atoms with Gasteiger partial charge in [0.05, 0.1) is 6.04 Å². The number of rotatable bonds is 7. The lowest BCUT2D eigenvalue weighted by molar-refractivity contribution is -0.128. The van der Waals surface area contributed by atoms with Gasteiger partial charge in [0, 0.05) is 35.8 Å². The second kappa shape index (κ2) is 10.9. The summed E-state index contributed by atoms with van der Waals surface area (Å²) in [5.41, 5.74) is 5.35. The van der Waals surface area contributed by atoms with E-state index >= 15 is 0 Å². The maximum atomic E-state index is 13.7. The summed E-state index contributed by atoms with van der Waals surface area (Å²) in [6.07, 6.45) is 4.33. The summed E-state index contributed by atoms with van der Waals surface area (Å²) in [6.45, 7) is 3.17. The molecule has 1 unspecified atom stereocenters. The SMILES string of the molecule is CN(C)CCOc1ccc(/C=C/C(=O)N2CCc3c([nH]c4ccccc34)C2c2ccc3c(c2)OCCO3)cc1. The zero-order valence-corrected chi connectivity index (χ0v) is 22.4. The Balaban J connectivity index is 1.28. The number of carbonyl (C=O) groups is 1. The van der Waals surface area contributed by atoms with Gasteiger partial charge in [-0.25, -0.2) is 0 Å². The van der Waals surface area contributed by atoms with Crippen LogP contribution in [0.5, 0.6) is 17.2 Å². The number of fused-ring (bicyclic) bond motifs is 4. The van der Waals surface area contributed by atoms with Gasteiger partial charge >= 0.3 is 0 Å². The number of hydrogen-bond donors (Lipinski definition) is 1. The molecule has 200 valence electrons. The van der Waals surface area contributed by atoms with Gasteiger partial charge in [0.1, 0.15) is 25.6 Å². The summed E-state index contributed by atoms with van der Waals surface area (Å²) in [6, 6.07) is 21.9. The lowest BCUT2D eigenvalue weighted by atomic mass is 9.92. The van der Waals surface area contributed by atoms with E-state index in [1.165, 1.54) is 10.9 Å². The largest absolute Gasteiger partial charge is 0.492 e. The van der Waals surface area contributed by atoms with E-state index in [4.69, 9.17) is 14.2 Å². The summed E-state index contributed by atoms with van der Waals surface area (Å²) in [5, 5.41) is 1.21. The first kappa shape index (κ1) is 25.1. The van der Waals surface area contributed by atoms with Crippen LogP contribution in [0.25, 0.3) is 17.0 Å². The number of benzene rings is 3. The van der Waals surface area contributed by atoms with E-state index in [0.717, 1.165) is 52.6 Å². The molecule has 1 N–H and O–H groups in total. The van der Waals surface area contributed by atoms with Crippen LogP contribution >= 0.6 is 0 Å². The number of carbonyl (C=O) groups excluding carboxylic acids is 1. The van der Waals surface area contributed by atoms with Crippen LogP contribution in [0.1, 0.15) is 28.4 Å². The first-order valence-electron chi connectivity index (χ1n) is 13.4. The fourth-order valence-corrected chi connectivity index (χ4v) is 5.34. The Hall–Kier alpha value is -4.23. The Bertz CT molecular complexity index is 1510. The molecule has 1 amide bonds. The molecule has 2 aliphatic heterocycles. The second-order valence-corrected chi connectivity index (χ2v) is 10.2. The molecule has 7 nitrogen and oxygen atoms in total. The van der Waals surface area contributed by atoms with E-state index in [1.54, 1.807) is 6.08 Å². The van der Waals surface area contributed by atoms with Crippen LogP contribution in [0, 0.1) is 0 Å². The Kier molecular flexibility index (Phi) is 6.99. The van der Waals surface area contributed by atoms with Gasteiger partial charge in [-0.3, -0.25) is 4.79 Å². The lowest BCUT2D eigenvalue weighted by Crippen LogP contribution is -2.39. The first-order chi connectivity index (χ1) is 19.1. The van der Waals surface area contributed by atoms with Crippen LogP contribution in [0.3, 0.4) is 0 Å². The van der Waals surface area contributed by atoms with Crippen LogP contribution in [-0.2, 0) is 11.2 Å². The topological polar surface area (TPSA) is 67.0 Å². The van der Waals surface area contributed by atoms with Gasteiger partial charge in [-0.1, -0.05) is 36.4 Å². The molecule has 0 bridgehead atoms. The normalized spacial score (nSPS) is 16.6. The summed E-state index contributed by atoms with van der Waals surface area (Å²) >= 11 is 0. The van der Waals surface area contributed by atoms with E-state index in [-0.39, 0.29) is 11.9 Å².